The summed E-state index contributed by atoms with van der Waals surface area (Å²) in [5.41, 5.74) is 1.86. The molecule has 4 aromatic rings. The lowest BCUT2D eigenvalue weighted by molar-refractivity contribution is 0.102. The summed E-state index contributed by atoms with van der Waals surface area (Å²) >= 11 is 5.86. The van der Waals surface area contributed by atoms with Gasteiger partial charge in [0.15, 0.2) is 5.65 Å². The van der Waals surface area contributed by atoms with Crippen molar-refractivity contribution >= 4 is 34.2 Å². The fourth-order valence-electron chi connectivity index (χ4n) is 2.96. The van der Waals surface area contributed by atoms with Gasteiger partial charge in [-0.1, -0.05) is 17.7 Å². The van der Waals surface area contributed by atoms with Crippen molar-refractivity contribution < 1.29 is 4.79 Å². The zero-order chi connectivity index (χ0) is 19.7. The lowest BCUT2D eigenvalue weighted by Crippen LogP contribution is -2.22. The van der Waals surface area contributed by atoms with Crippen LogP contribution in [0.5, 0.6) is 0 Å². The van der Waals surface area contributed by atoms with Gasteiger partial charge in [0.1, 0.15) is 5.82 Å². The fraction of sp³-hybridized carbons (Fsp3) is 0.0476. The zero-order valence-electron chi connectivity index (χ0n) is 14.9. The van der Waals surface area contributed by atoms with E-state index in [1.54, 1.807) is 73.8 Å². The number of anilines is 1. The van der Waals surface area contributed by atoms with Gasteiger partial charge >= 0.3 is 0 Å². The van der Waals surface area contributed by atoms with E-state index in [2.05, 4.69) is 15.3 Å². The first-order valence-electron chi connectivity index (χ1n) is 8.55. The number of hydrogen-bond acceptors (Lipinski definition) is 4. The maximum absolute atomic E-state index is 12.9. The molecule has 0 spiro atoms. The molecule has 0 aliphatic carbocycles. The van der Waals surface area contributed by atoms with E-state index in [1.807, 2.05) is 0 Å². The number of pyridine rings is 1. The molecule has 0 unspecified atom stereocenters. The molecule has 1 amide bonds. The minimum Gasteiger partial charge on any atom is -0.322 e. The molecule has 1 N–H and O–H groups in total. The standard InChI is InChI=1S/C21H15ClN4O2/c1-13-24-19-18(6-3-11-23-19)21(28)26(13)17-5-2-4-16(12-17)25-20(27)14-7-9-15(22)10-8-14/h2-12H,1H3,(H,25,27). The third-order valence-electron chi connectivity index (χ3n) is 4.28. The van der Waals surface area contributed by atoms with Crippen LogP contribution in [0.4, 0.5) is 5.69 Å². The van der Waals surface area contributed by atoms with Crippen molar-refractivity contribution in [2.24, 2.45) is 0 Å². The Morgan fingerprint density at radius 1 is 1.07 bits per heavy atom. The summed E-state index contributed by atoms with van der Waals surface area (Å²) in [6, 6.07) is 17.1. The molecule has 4 rings (SSSR count). The van der Waals surface area contributed by atoms with Gasteiger partial charge in [-0.3, -0.25) is 14.2 Å². The summed E-state index contributed by atoms with van der Waals surface area (Å²) in [4.78, 5) is 33.9. The van der Waals surface area contributed by atoms with E-state index in [-0.39, 0.29) is 11.5 Å². The lowest BCUT2D eigenvalue weighted by atomic mass is 10.2. The molecule has 6 nitrogen and oxygen atoms in total. The quantitative estimate of drug-likeness (QED) is 0.573. The van der Waals surface area contributed by atoms with Crippen molar-refractivity contribution in [1.29, 1.82) is 0 Å². The topological polar surface area (TPSA) is 76.9 Å². The molecule has 0 radical (unpaired) electrons. The van der Waals surface area contributed by atoms with Gasteiger partial charge in [0.05, 0.1) is 11.1 Å². The van der Waals surface area contributed by atoms with Crippen LogP contribution in [0.3, 0.4) is 0 Å². The van der Waals surface area contributed by atoms with Crippen molar-refractivity contribution in [2.45, 2.75) is 6.92 Å². The predicted molar refractivity (Wildman–Crippen MR) is 109 cm³/mol. The molecule has 28 heavy (non-hydrogen) atoms. The van der Waals surface area contributed by atoms with E-state index in [9.17, 15) is 9.59 Å². The minimum absolute atomic E-state index is 0.211. The summed E-state index contributed by atoms with van der Waals surface area (Å²) in [6.45, 7) is 1.74. The molecule has 0 bridgehead atoms. The van der Waals surface area contributed by atoms with E-state index < -0.39 is 0 Å². The smallest absolute Gasteiger partial charge is 0.267 e. The molecule has 2 heterocycles. The Balaban J connectivity index is 1.71. The van der Waals surface area contributed by atoms with Gasteiger partial charge in [-0.05, 0) is 61.5 Å². The first-order valence-corrected chi connectivity index (χ1v) is 8.92. The van der Waals surface area contributed by atoms with Crippen LogP contribution in [0.15, 0.2) is 71.7 Å². The molecule has 138 valence electrons. The highest BCUT2D eigenvalue weighted by atomic mass is 35.5. The largest absolute Gasteiger partial charge is 0.322 e. The number of carbonyl (C=O) groups is 1. The van der Waals surface area contributed by atoms with Gasteiger partial charge in [-0.25, -0.2) is 9.97 Å². The molecule has 7 heteroatoms. The van der Waals surface area contributed by atoms with Crippen molar-refractivity contribution in [2.75, 3.05) is 5.32 Å². The second-order valence-electron chi connectivity index (χ2n) is 6.19. The van der Waals surface area contributed by atoms with Crippen LogP contribution in [0.1, 0.15) is 16.2 Å². The Morgan fingerprint density at radius 3 is 2.64 bits per heavy atom. The first kappa shape index (κ1) is 17.9. The second kappa shape index (κ2) is 7.25. The number of carbonyl (C=O) groups excluding carboxylic acids is 1. The molecule has 0 saturated carbocycles. The number of amides is 1. The molecule has 2 aromatic carbocycles. The number of hydrogen-bond donors (Lipinski definition) is 1. The highest BCUT2D eigenvalue weighted by Gasteiger charge is 2.12. The molecule has 0 fully saturated rings. The van der Waals surface area contributed by atoms with Gasteiger partial charge in [0, 0.05) is 22.5 Å². The Morgan fingerprint density at radius 2 is 1.86 bits per heavy atom. The van der Waals surface area contributed by atoms with E-state index in [0.717, 1.165) is 0 Å². The van der Waals surface area contributed by atoms with Gasteiger partial charge in [-0.2, -0.15) is 0 Å². The molecule has 0 aliphatic heterocycles. The molecule has 0 aliphatic rings. The van der Waals surface area contributed by atoms with Crippen LogP contribution >= 0.6 is 11.6 Å². The summed E-state index contributed by atoms with van der Waals surface area (Å²) in [5, 5.41) is 3.83. The van der Waals surface area contributed by atoms with Crippen LogP contribution in [0, 0.1) is 6.92 Å². The van der Waals surface area contributed by atoms with Crippen molar-refractivity contribution in [3.63, 3.8) is 0 Å². The number of aromatic nitrogens is 3. The van der Waals surface area contributed by atoms with Gasteiger partial charge in [0.2, 0.25) is 0 Å². The highest BCUT2D eigenvalue weighted by Crippen LogP contribution is 2.17. The van der Waals surface area contributed by atoms with E-state index in [1.165, 1.54) is 4.57 Å². The van der Waals surface area contributed by atoms with Crippen LogP contribution < -0.4 is 10.9 Å². The first-order chi connectivity index (χ1) is 13.5. The van der Waals surface area contributed by atoms with E-state index >= 15 is 0 Å². The zero-order valence-corrected chi connectivity index (χ0v) is 15.6. The minimum atomic E-state index is -0.265. The Kier molecular flexibility index (Phi) is 4.63. The molecule has 0 saturated heterocycles. The number of rotatable bonds is 3. The molecule has 0 atom stereocenters. The fourth-order valence-corrected chi connectivity index (χ4v) is 3.08. The number of halogens is 1. The number of aryl methyl sites for hydroxylation is 1. The average Bonchev–Trinajstić information content (AvgIpc) is 2.69. The lowest BCUT2D eigenvalue weighted by Gasteiger charge is -2.12. The summed E-state index contributed by atoms with van der Waals surface area (Å²) in [6.07, 6.45) is 1.60. The molecular weight excluding hydrogens is 376 g/mol. The number of nitrogens with one attached hydrogen (secondary N) is 1. The third kappa shape index (κ3) is 3.37. The average molecular weight is 391 g/mol. The Bertz CT molecular complexity index is 1250. The number of nitrogens with zero attached hydrogens (tertiary/aromatic N) is 3. The van der Waals surface area contributed by atoms with E-state index in [4.69, 9.17) is 11.6 Å². The summed E-state index contributed by atoms with van der Waals surface area (Å²) < 4.78 is 1.50. The summed E-state index contributed by atoms with van der Waals surface area (Å²) in [5.74, 6) is 0.246. The van der Waals surface area contributed by atoms with Gasteiger partial charge in [0.25, 0.3) is 11.5 Å². The van der Waals surface area contributed by atoms with Crippen molar-refractivity contribution in [1.82, 2.24) is 14.5 Å². The summed E-state index contributed by atoms with van der Waals surface area (Å²) in [7, 11) is 0. The second-order valence-corrected chi connectivity index (χ2v) is 6.62. The normalized spacial score (nSPS) is 10.8. The highest BCUT2D eigenvalue weighted by molar-refractivity contribution is 6.30. The third-order valence-corrected chi connectivity index (χ3v) is 4.53. The monoisotopic (exact) mass is 390 g/mol. The van der Waals surface area contributed by atoms with Crippen LogP contribution in [-0.4, -0.2) is 20.4 Å². The maximum atomic E-state index is 12.9. The molecular formula is C21H15ClN4O2. The maximum Gasteiger partial charge on any atom is 0.267 e. The van der Waals surface area contributed by atoms with Crippen LogP contribution in [0.25, 0.3) is 16.7 Å². The van der Waals surface area contributed by atoms with Gasteiger partial charge < -0.3 is 5.32 Å². The SMILES string of the molecule is Cc1nc2ncccc2c(=O)n1-c1cccc(NC(=O)c2ccc(Cl)cc2)c1. The number of fused-ring (bicyclic) bond motifs is 1. The Labute approximate surface area is 165 Å². The Hall–Kier alpha value is -3.51. The van der Waals surface area contributed by atoms with Crippen molar-refractivity contribution in [3.05, 3.63) is 93.6 Å². The van der Waals surface area contributed by atoms with E-state index in [0.29, 0.717) is 38.8 Å². The van der Waals surface area contributed by atoms with Crippen LogP contribution in [-0.2, 0) is 0 Å². The number of benzene rings is 2. The van der Waals surface area contributed by atoms with Crippen molar-refractivity contribution in [3.8, 4) is 5.69 Å². The predicted octanol–water partition coefficient (Wildman–Crippen LogP) is 3.99. The molecule has 2 aromatic heterocycles. The van der Waals surface area contributed by atoms with Gasteiger partial charge in [-0.15, -0.1) is 0 Å². The van der Waals surface area contributed by atoms with Crippen LogP contribution in [0.2, 0.25) is 5.02 Å².